The highest BCUT2D eigenvalue weighted by Crippen LogP contribution is 2.17. The molecule has 172 valence electrons. The quantitative estimate of drug-likeness (QED) is 0.405. The van der Waals surface area contributed by atoms with Crippen molar-refractivity contribution in [2.45, 2.75) is 45.2 Å². The molecule has 32 heavy (non-hydrogen) atoms. The van der Waals surface area contributed by atoms with E-state index in [2.05, 4.69) is 30.9 Å². The van der Waals surface area contributed by atoms with Crippen molar-refractivity contribution in [3.05, 3.63) is 24.2 Å². The van der Waals surface area contributed by atoms with Crippen LogP contribution in [0.5, 0.6) is 0 Å². The van der Waals surface area contributed by atoms with Gasteiger partial charge in [-0.05, 0) is 37.3 Å². The molecule has 0 unspecified atom stereocenters. The van der Waals surface area contributed by atoms with E-state index in [-0.39, 0.29) is 30.0 Å². The lowest BCUT2D eigenvalue weighted by Gasteiger charge is -2.24. The van der Waals surface area contributed by atoms with Gasteiger partial charge in [-0.15, -0.1) is 0 Å². The highest BCUT2D eigenvalue weighted by atomic mass is 16.5. The number of hydrogen-bond donors (Lipinski definition) is 4. The molecule has 0 spiro atoms. The summed E-state index contributed by atoms with van der Waals surface area (Å²) in [6, 6.07) is 1.55. The van der Waals surface area contributed by atoms with Gasteiger partial charge in [-0.1, -0.05) is 13.8 Å². The van der Waals surface area contributed by atoms with Gasteiger partial charge in [0.05, 0.1) is 12.6 Å². The molecule has 2 aromatic heterocycles. The molecule has 1 aliphatic rings. The molecule has 4 N–H and O–H groups in total. The maximum atomic E-state index is 13.0. The lowest BCUT2D eigenvalue weighted by Crippen LogP contribution is -2.53. The Kier molecular flexibility index (Phi) is 7.39. The van der Waals surface area contributed by atoms with E-state index in [9.17, 15) is 19.2 Å². The number of fused-ring (bicyclic) bond motifs is 1. The van der Waals surface area contributed by atoms with E-state index in [1.54, 1.807) is 18.3 Å². The number of aromatic nitrogens is 3. The van der Waals surface area contributed by atoms with Crippen molar-refractivity contribution in [1.82, 2.24) is 30.9 Å². The number of carbonyl (C=O) groups excluding carboxylic acids is 4. The van der Waals surface area contributed by atoms with Crippen LogP contribution in [0.15, 0.2) is 18.3 Å². The van der Waals surface area contributed by atoms with E-state index in [0.717, 1.165) is 0 Å². The number of rotatable bonds is 9. The summed E-state index contributed by atoms with van der Waals surface area (Å²) in [5.74, 6) is -2.16. The van der Waals surface area contributed by atoms with E-state index >= 15 is 0 Å². The third-order valence-corrected chi connectivity index (χ3v) is 5.29. The van der Waals surface area contributed by atoms with Gasteiger partial charge < -0.3 is 25.7 Å². The fourth-order valence-corrected chi connectivity index (χ4v) is 3.67. The highest BCUT2D eigenvalue weighted by Gasteiger charge is 2.34. The van der Waals surface area contributed by atoms with Gasteiger partial charge in [0.25, 0.3) is 5.91 Å². The second kappa shape index (κ2) is 10.2. The maximum absolute atomic E-state index is 13.0. The summed E-state index contributed by atoms with van der Waals surface area (Å²) in [7, 11) is 1.22. The molecule has 1 aliphatic heterocycles. The van der Waals surface area contributed by atoms with Crippen LogP contribution < -0.4 is 16.0 Å². The molecule has 1 fully saturated rings. The third kappa shape index (κ3) is 5.59. The van der Waals surface area contributed by atoms with Crippen molar-refractivity contribution in [3.8, 4) is 0 Å². The van der Waals surface area contributed by atoms with Crippen molar-refractivity contribution in [3.63, 3.8) is 0 Å². The van der Waals surface area contributed by atoms with Crippen molar-refractivity contribution >= 4 is 34.9 Å². The Morgan fingerprint density at radius 3 is 2.66 bits per heavy atom. The monoisotopic (exact) mass is 444 g/mol. The average molecular weight is 444 g/mol. The molecule has 11 nitrogen and oxygen atoms in total. The zero-order chi connectivity index (χ0) is 23.3. The number of nitrogens with zero attached hydrogens (tertiary/aromatic N) is 2. The van der Waals surface area contributed by atoms with Gasteiger partial charge in [0.15, 0.2) is 11.5 Å². The lowest BCUT2D eigenvalue weighted by atomic mass is 9.97. The number of ether oxygens (including phenoxy) is 1. The van der Waals surface area contributed by atoms with Crippen molar-refractivity contribution in [2.24, 2.45) is 11.8 Å². The Bertz CT molecular complexity index is 970. The summed E-state index contributed by atoms with van der Waals surface area (Å²) >= 11 is 0. The Morgan fingerprint density at radius 2 is 2.03 bits per heavy atom. The van der Waals surface area contributed by atoms with Gasteiger partial charge in [0.2, 0.25) is 11.8 Å². The number of imidazole rings is 1. The summed E-state index contributed by atoms with van der Waals surface area (Å²) < 4.78 is 4.81. The number of methoxy groups -OCH3 is 1. The predicted octanol–water partition coefficient (Wildman–Crippen LogP) is 0.286. The molecule has 0 aromatic carbocycles. The number of H-pyrrole nitrogens is 1. The highest BCUT2D eigenvalue weighted by molar-refractivity contribution is 5.97. The van der Waals surface area contributed by atoms with Crippen molar-refractivity contribution in [1.29, 1.82) is 0 Å². The second-order valence-corrected chi connectivity index (χ2v) is 8.21. The van der Waals surface area contributed by atoms with Crippen LogP contribution in [0.2, 0.25) is 0 Å². The zero-order valence-electron chi connectivity index (χ0n) is 18.3. The number of nitrogens with one attached hydrogen (secondary N) is 4. The van der Waals surface area contributed by atoms with E-state index in [4.69, 9.17) is 4.74 Å². The molecule has 11 heteroatoms. The van der Waals surface area contributed by atoms with Gasteiger partial charge in [-0.2, -0.15) is 0 Å². The molecule has 3 heterocycles. The van der Waals surface area contributed by atoms with Gasteiger partial charge in [-0.25, -0.2) is 14.8 Å². The topological polar surface area (TPSA) is 155 Å². The van der Waals surface area contributed by atoms with Crippen LogP contribution >= 0.6 is 0 Å². The van der Waals surface area contributed by atoms with Crippen LogP contribution in [0.1, 0.15) is 43.7 Å². The summed E-state index contributed by atoms with van der Waals surface area (Å²) in [6.45, 7) is 4.36. The predicted molar refractivity (Wildman–Crippen MR) is 114 cm³/mol. The molecular weight excluding hydrogens is 416 g/mol. The molecule has 3 atom stereocenters. The maximum Gasteiger partial charge on any atom is 0.328 e. The van der Waals surface area contributed by atoms with Crippen LogP contribution in [0.25, 0.3) is 11.2 Å². The third-order valence-electron chi connectivity index (χ3n) is 5.29. The number of carbonyl (C=O) groups is 4. The first-order valence-corrected chi connectivity index (χ1v) is 10.6. The van der Waals surface area contributed by atoms with Crippen LogP contribution in [-0.4, -0.2) is 64.4 Å². The summed E-state index contributed by atoms with van der Waals surface area (Å²) in [5, 5.41) is 8.05. The first kappa shape index (κ1) is 23.2. The molecule has 0 saturated carbocycles. The first-order valence-electron chi connectivity index (χ1n) is 10.6. The van der Waals surface area contributed by atoms with Crippen LogP contribution in [-0.2, 0) is 19.1 Å². The van der Waals surface area contributed by atoms with Crippen molar-refractivity contribution < 1.29 is 23.9 Å². The molecule has 0 bridgehead atoms. The van der Waals surface area contributed by atoms with Gasteiger partial charge in [0, 0.05) is 18.7 Å². The summed E-state index contributed by atoms with van der Waals surface area (Å²) in [6.07, 6.45) is 2.61. The molecule has 1 saturated heterocycles. The Morgan fingerprint density at radius 1 is 1.25 bits per heavy atom. The van der Waals surface area contributed by atoms with E-state index in [1.165, 1.54) is 7.11 Å². The van der Waals surface area contributed by atoms with Gasteiger partial charge >= 0.3 is 5.97 Å². The minimum atomic E-state index is -0.997. The zero-order valence-corrected chi connectivity index (χ0v) is 18.3. The van der Waals surface area contributed by atoms with Gasteiger partial charge in [0.1, 0.15) is 12.1 Å². The lowest BCUT2D eigenvalue weighted by molar-refractivity contribution is -0.146. The average Bonchev–Trinajstić information content (AvgIpc) is 3.37. The Balaban J connectivity index is 1.72. The minimum absolute atomic E-state index is 0.0346. The fraction of sp³-hybridized carbons (Fsp3) is 0.524. The minimum Gasteiger partial charge on any atom is -0.467 e. The van der Waals surface area contributed by atoms with E-state index in [0.29, 0.717) is 30.6 Å². The van der Waals surface area contributed by atoms with Gasteiger partial charge in [-0.3, -0.25) is 14.4 Å². The molecule has 3 rings (SSSR count). The SMILES string of the molecule is COC(=O)[C@H](C[C@@H]1CCNC1=O)NC(=O)[C@H](CC(C)C)NC(=O)c1nc2ncccc2[nH]1. The van der Waals surface area contributed by atoms with E-state index in [1.807, 2.05) is 13.8 Å². The summed E-state index contributed by atoms with van der Waals surface area (Å²) in [5.41, 5.74) is 0.992. The smallest absolute Gasteiger partial charge is 0.328 e. The molecule has 0 radical (unpaired) electrons. The molecular formula is C21H28N6O5. The van der Waals surface area contributed by atoms with E-state index < -0.39 is 29.9 Å². The number of hydrogen-bond acceptors (Lipinski definition) is 7. The fourth-order valence-electron chi connectivity index (χ4n) is 3.67. The summed E-state index contributed by atoms with van der Waals surface area (Å²) in [4.78, 5) is 61.1. The molecule has 0 aliphatic carbocycles. The first-order chi connectivity index (χ1) is 15.3. The number of aromatic amines is 1. The number of pyridine rings is 1. The Hall–Kier alpha value is -3.50. The molecule has 3 amide bonds. The standard InChI is InChI=1S/C21H28N6O5/c1-11(2)9-14(25-20(30)17-24-13-5-4-7-22-16(13)27-17)19(29)26-15(21(31)32-3)10-12-6-8-23-18(12)28/h4-5,7,11-12,14-15H,6,8-10H2,1-3H3,(H,23,28)(H,25,30)(H,26,29)(H,22,24,27)/t12-,14-,15-/m0/s1. The normalized spacial score (nSPS) is 17.6. The van der Waals surface area contributed by atoms with Crippen molar-refractivity contribution in [2.75, 3.05) is 13.7 Å². The Labute approximate surface area is 185 Å². The number of amides is 3. The second-order valence-electron chi connectivity index (χ2n) is 8.21. The van der Waals surface area contributed by atoms with Crippen LogP contribution in [0.3, 0.4) is 0 Å². The molecule has 2 aromatic rings. The van der Waals surface area contributed by atoms with Crippen LogP contribution in [0.4, 0.5) is 0 Å². The number of esters is 1. The van der Waals surface area contributed by atoms with Crippen LogP contribution in [0, 0.1) is 11.8 Å². The largest absolute Gasteiger partial charge is 0.467 e.